The fourth-order valence-electron chi connectivity index (χ4n) is 1.32. The van der Waals surface area contributed by atoms with E-state index in [-0.39, 0.29) is 0 Å². The summed E-state index contributed by atoms with van der Waals surface area (Å²) in [5.74, 6) is 5.98. The molecule has 2 nitrogen and oxygen atoms in total. The number of nitrogens with zero attached hydrogens (tertiary/aromatic N) is 1. The van der Waals surface area contributed by atoms with Crippen LogP contribution in [0.25, 0.3) is 0 Å². The molecule has 0 spiro atoms. The summed E-state index contributed by atoms with van der Waals surface area (Å²) in [6.45, 7) is 3.91. The lowest BCUT2D eigenvalue weighted by Gasteiger charge is -2.11. The van der Waals surface area contributed by atoms with E-state index in [1.165, 1.54) is 0 Å². The van der Waals surface area contributed by atoms with Crippen molar-refractivity contribution in [1.82, 2.24) is 10.3 Å². The van der Waals surface area contributed by atoms with Crippen LogP contribution in [0.1, 0.15) is 36.5 Å². The van der Waals surface area contributed by atoms with Crippen molar-refractivity contribution in [1.29, 1.82) is 0 Å². The molecule has 0 aromatic carbocycles. The standard InChI is InChI=1S/C11H16N2S/c1-4-5-6-7-10(12-3)11-8-14-9(2)13-11/h8,10,12H,6-7H2,1-3H3. The van der Waals surface area contributed by atoms with Crippen molar-refractivity contribution in [2.75, 3.05) is 7.05 Å². The van der Waals surface area contributed by atoms with Crippen molar-refractivity contribution in [3.05, 3.63) is 16.1 Å². The zero-order valence-corrected chi connectivity index (χ0v) is 9.74. The summed E-state index contributed by atoms with van der Waals surface area (Å²) in [5.41, 5.74) is 1.15. The van der Waals surface area contributed by atoms with Crippen molar-refractivity contribution in [2.24, 2.45) is 0 Å². The third-order valence-electron chi connectivity index (χ3n) is 2.08. The number of aryl methyl sites for hydroxylation is 1. The number of nitrogens with one attached hydrogen (secondary N) is 1. The monoisotopic (exact) mass is 208 g/mol. The normalized spacial score (nSPS) is 11.9. The van der Waals surface area contributed by atoms with Gasteiger partial charge in [-0.2, -0.15) is 0 Å². The number of thiazole rings is 1. The molecule has 0 aliphatic carbocycles. The highest BCUT2D eigenvalue weighted by atomic mass is 32.1. The molecule has 1 aromatic heterocycles. The van der Waals surface area contributed by atoms with Crippen LogP contribution in [0, 0.1) is 18.8 Å². The lowest BCUT2D eigenvalue weighted by atomic mass is 10.1. The van der Waals surface area contributed by atoms with Crippen molar-refractivity contribution in [3.8, 4) is 11.8 Å². The van der Waals surface area contributed by atoms with Crippen molar-refractivity contribution in [3.63, 3.8) is 0 Å². The van der Waals surface area contributed by atoms with E-state index < -0.39 is 0 Å². The average molecular weight is 208 g/mol. The first kappa shape index (κ1) is 11.2. The first-order valence-electron chi connectivity index (χ1n) is 4.76. The van der Waals surface area contributed by atoms with Crippen LogP contribution in [-0.4, -0.2) is 12.0 Å². The molecule has 0 aliphatic heterocycles. The molecule has 3 heteroatoms. The molecule has 0 aliphatic rings. The van der Waals surface area contributed by atoms with Crippen LogP contribution in [0.4, 0.5) is 0 Å². The maximum Gasteiger partial charge on any atom is 0.0898 e. The predicted molar refractivity (Wildman–Crippen MR) is 61.3 cm³/mol. The van der Waals surface area contributed by atoms with Crippen LogP contribution in [0.2, 0.25) is 0 Å². The van der Waals surface area contributed by atoms with Crippen LogP contribution in [0.15, 0.2) is 5.38 Å². The summed E-state index contributed by atoms with van der Waals surface area (Å²) in [6, 6.07) is 0.348. The molecule has 14 heavy (non-hydrogen) atoms. The Morgan fingerprint density at radius 3 is 2.93 bits per heavy atom. The van der Waals surface area contributed by atoms with E-state index in [0.29, 0.717) is 6.04 Å². The van der Waals surface area contributed by atoms with Gasteiger partial charge in [0.2, 0.25) is 0 Å². The quantitative estimate of drug-likeness (QED) is 0.769. The molecule has 0 fully saturated rings. The topological polar surface area (TPSA) is 24.9 Å². The lowest BCUT2D eigenvalue weighted by Crippen LogP contribution is -2.16. The van der Waals surface area contributed by atoms with E-state index in [1.807, 2.05) is 20.9 Å². The summed E-state index contributed by atoms with van der Waals surface area (Å²) in [5, 5.41) is 6.51. The Labute approximate surface area is 89.8 Å². The molecule has 76 valence electrons. The summed E-state index contributed by atoms with van der Waals surface area (Å²) in [4.78, 5) is 4.47. The van der Waals surface area contributed by atoms with Gasteiger partial charge in [0.05, 0.1) is 16.7 Å². The summed E-state index contributed by atoms with van der Waals surface area (Å²) < 4.78 is 0. The zero-order chi connectivity index (χ0) is 10.4. The molecule has 1 atom stereocenters. The second kappa shape index (κ2) is 5.79. The molecular formula is C11H16N2S. The third kappa shape index (κ3) is 3.13. The predicted octanol–water partition coefficient (Wildman–Crippen LogP) is 2.52. The van der Waals surface area contributed by atoms with E-state index in [4.69, 9.17) is 0 Å². The van der Waals surface area contributed by atoms with Gasteiger partial charge >= 0.3 is 0 Å². The Morgan fingerprint density at radius 1 is 1.64 bits per heavy atom. The van der Waals surface area contributed by atoms with E-state index in [2.05, 4.69) is 27.5 Å². The lowest BCUT2D eigenvalue weighted by molar-refractivity contribution is 0.546. The number of hydrogen-bond acceptors (Lipinski definition) is 3. The van der Waals surface area contributed by atoms with Gasteiger partial charge in [0, 0.05) is 11.8 Å². The maximum atomic E-state index is 4.47. The van der Waals surface area contributed by atoms with Gasteiger partial charge < -0.3 is 5.32 Å². The van der Waals surface area contributed by atoms with E-state index in [9.17, 15) is 0 Å². The fraction of sp³-hybridized carbons (Fsp3) is 0.545. The van der Waals surface area contributed by atoms with Crippen molar-refractivity contribution in [2.45, 2.75) is 32.7 Å². The molecule has 0 amide bonds. The number of hydrogen-bond donors (Lipinski definition) is 1. The Morgan fingerprint density at radius 2 is 2.43 bits per heavy atom. The second-order valence-electron chi connectivity index (χ2n) is 3.10. The highest BCUT2D eigenvalue weighted by Crippen LogP contribution is 2.19. The van der Waals surface area contributed by atoms with Crippen LogP contribution in [0.3, 0.4) is 0 Å². The first-order valence-corrected chi connectivity index (χ1v) is 5.64. The molecule has 0 bridgehead atoms. The molecule has 0 radical (unpaired) electrons. The van der Waals surface area contributed by atoms with Gasteiger partial charge in [0.1, 0.15) is 0 Å². The van der Waals surface area contributed by atoms with Gasteiger partial charge in [-0.3, -0.25) is 0 Å². The summed E-state index contributed by atoms with van der Waals surface area (Å²) in [7, 11) is 1.97. The van der Waals surface area contributed by atoms with Crippen LogP contribution >= 0.6 is 11.3 Å². The minimum atomic E-state index is 0.348. The smallest absolute Gasteiger partial charge is 0.0898 e. The number of aromatic nitrogens is 1. The molecular weight excluding hydrogens is 192 g/mol. The second-order valence-corrected chi connectivity index (χ2v) is 4.16. The van der Waals surface area contributed by atoms with Gasteiger partial charge in [-0.25, -0.2) is 4.98 Å². The van der Waals surface area contributed by atoms with Crippen LogP contribution in [-0.2, 0) is 0 Å². The van der Waals surface area contributed by atoms with E-state index in [1.54, 1.807) is 11.3 Å². The highest BCUT2D eigenvalue weighted by Gasteiger charge is 2.10. The largest absolute Gasteiger partial charge is 0.312 e. The molecule has 0 saturated heterocycles. The van der Waals surface area contributed by atoms with Crippen molar-refractivity contribution < 1.29 is 0 Å². The van der Waals surface area contributed by atoms with Gasteiger partial charge in [0.25, 0.3) is 0 Å². The van der Waals surface area contributed by atoms with Crippen LogP contribution < -0.4 is 5.32 Å². The SMILES string of the molecule is CC#CCCC(NC)c1csc(C)n1. The van der Waals surface area contributed by atoms with Crippen LogP contribution in [0.5, 0.6) is 0 Å². The molecule has 1 heterocycles. The van der Waals surface area contributed by atoms with Gasteiger partial charge in [-0.1, -0.05) is 0 Å². The fourth-order valence-corrected chi connectivity index (χ4v) is 1.99. The first-order chi connectivity index (χ1) is 6.77. The van der Waals surface area contributed by atoms with E-state index in [0.717, 1.165) is 23.5 Å². The van der Waals surface area contributed by atoms with E-state index >= 15 is 0 Å². The summed E-state index contributed by atoms with van der Waals surface area (Å²) >= 11 is 1.70. The van der Waals surface area contributed by atoms with Gasteiger partial charge in [-0.05, 0) is 27.3 Å². The average Bonchev–Trinajstić information content (AvgIpc) is 2.60. The molecule has 1 aromatic rings. The minimum Gasteiger partial charge on any atom is -0.312 e. The Bertz CT molecular complexity index is 333. The molecule has 1 N–H and O–H groups in total. The molecule has 1 rings (SSSR count). The zero-order valence-electron chi connectivity index (χ0n) is 8.92. The van der Waals surface area contributed by atoms with Gasteiger partial charge in [-0.15, -0.1) is 23.2 Å². The highest BCUT2D eigenvalue weighted by molar-refractivity contribution is 7.09. The Balaban J connectivity index is 2.56. The molecule has 1 unspecified atom stereocenters. The Kier molecular flexibility index (Phi) is 4.64. The summed E-state index contributed by atoms with van der Waals surface area (Å²) in [6.07, 6.45) is 1.96. The Hall–Kier alpha value is -0.850. The maximum absolute atomic E-state index is 4.47. The van der Waals surface area contributed by atoms with Crippen molar-refractivity contribution >= 4 is 11.3 Å². The number of rotatable bonds is 4. The minimum absolute atomic E-state index is 0.348. The third-order valence-corrected chi connectivity index (χ3v) is 2.87. The molecule has 0 saturated carbocycles. The van der Waals surface area contributed by atoms with Gasteiger partial charge in [0.15, 0.2) is 0 Å².